The van der Waals surface area contributed by atoms with E-state index in [0.717, 1.165) is 52.0 Å². The molecule has 2 aliphatic heterocycles. The van der Waals surface area contributed by atoms with Crippen molar-refractivity contribution < 1.29 is 9.53 Å². The van der Waals surface area contributed by atoms with Crippen LogP contribution in [-0.4, -0.2) is 65.1 Å². The minimum Gasteiger partial charge on any atom is -0.381 e. The van der Waals surface area contributed by atoms with E-state index in [4.69, 9.17) is 4.74 Å². The molecule has 1 aromatic carbocycles. The molecule has 2 aliphatic rings. The van der Waals surface area contributed by atoms with Crippen LogP contribution in [0.2, 0.25) is 0 Å². The number of nitrogens with one attached hydrogen (secondary N) is 1. The summed E-state index contributed by atoms with van der Waals surface area (Å²) in [6.45, 7) is 3.83. The highest BCUT2D eigenvalue weighted by Gasteiger charge is 2.32. The monoisotopic (exact) mass is 384 g/mol. The van der Waals surface area contributed by atoms with Gasteiger partial charge in [0.2, 0.25) is 5.91 Å². The van der Waals surface area contributed by atoms with Gasteiger partial charge in [0.05, 0.1) is 23.4 Å². The van der Waals surface area contributed by atoms with Gasteiger partial charge in [-0.15, -0.1) is 0 Å². The fraction of sp³-hybridized carbons (Fsp3) is 0.571. The van der Waals surface area contributed by atoms with Crippen molar-refractivity contribution in [3.63, 3.8) is 0 Å². The predicted octanol–water partition coefficient (Wildman–Crippen LogP) is 1.77. The van der Waals surface area contributed by atoms with Gasteiger partial charge >= 0.3 is 0 Å². The van der Waals surface area contributed by atoms with E-state index < -0.39 is 0 Å². The Kier molecular flexibility index (Phi) is 5.73. The summed E-state index contributed by atoms with van der Waals surface area (Å²) in [4.78, 5) is 36.8. The van der Waals surface area contributed by atoms with Gasteiger partial charge in [-0.3, -0.25) is 14.5 Å². The van der Waals surface area contributed by atoms with E-state index in [1.807, 2.05) is 18.2 Å². The molecule has 2 saturated heterocycles. The summed E-state index contributed by atoms with van der Waals surface area (Å²) in [7, 11) is 1.80. The number of para-hydroxylation sites is 1. The van der Waals surface area contributed by atoms with Crippen LogP contribution in [0.3, 0.4) is 0 Å². The van der Waals surface area contributed by atoms with E-state index >= 15 is 0 Å². The molecule has 3 heterocycles. The van der Waals surface area contributed by atoms with Crippen molar-refractivity contribution in [1.29, 1.82) is 0 Å². The fourth-order valence-electron chi connectivity index (χ4n) is 4.41. The van der Waals surface area contributed by atoms with Gasteiger partial charge in [-0.1, -0.05) is 12.1 Å². The average molecular weight is 384 g/mol. The van der Waals surface area contributed by atoms with Gasteiger partial charge in [0, 0.05) is 32.8 Å². The molecule has 1 atom stereocenters. The zero-order valence-corrected chi connectivity index (χ0v) is 16.4. The Balaban J connectivity index is 1.42. The first kappa shape index (κ1) is 19.1. The molecule has 2 aromatic rings. The highest BCUT2D eigenvalue weighted by atomic mass is 16.5. The van der Waals surface area contributed by atoms with E-state index in [1.54, 1.807) is 18.0 Å². The van der Waals surface area contributed by atoms with Gasteiger partial charge < -0.3 is 14.6 Å². The quantitative estimate of drug-likeness (QED) is 0.869. The summed E-state index contributed by atoms with van der Waals surface area (Å²) in [6.07, 6.45) is 4.08. The molecule has 1 aromatic heterocycles. The number of rotatable bonds is 4. The first-order valence-electron chi connectivity index (χ1n) is 10.2. The molecule has 0 unspecified atom stereocenters. The number of fused-ring (bicyclic) bond motifs is 1. The molecule has 4 rings (SSSR count). The van der Waals surface area contributed by atoms with E-state index in [1.165, 1.54) is 0 Å². The standard InChI is InChI=1S/C21H28N4O3/c1-24(14-19-22-18-7-3-2-6-17(18)20(26)23-19)21(27)15-5-4-10-25(13-15)16-8-11-28-12-9-16/h2-3,6-7,15-16H,4-5,8-14H2,1H3,(H,22,23,26)/t15-/m0/s1. The van der Waals surface area contributed by atoms with Crippen LogP contribution >= 0.6 is 0 Å². The molecule has 1 N–H and O–H groups in total. The lowest BCUT2D eigenvalue weighted by molar-refractivity contribution is -0.137. The second-order valence-electron chi connectivity index (χ2n) is 7.90. The van der Waals surface area contributed by atoms with Gasteiger partial charge in [0.25, 0.3) is 5.56 Å². The maximum Gasteiger partial charge on any atom is 0.258 e. The number of H-pyrrole nitrogens is 1. The summed E-state index contributed by atoms with van der Waals surface area (Å²) in [5.41, 5.74) is 0.496. The van der Waals surface area contributed by atoms with Crippen LogP contribution in [0.25, 0.3) is 10.9 Å². The third-order valence-corrected chi connectivity index (χ3v) is 5.93. The molecule has 0 bridgehead atoms. The first-order chi connectivity index (χ1) is 13.6. The normalized spacial score (nSPS) is 21.7. The van der Waals surface area contributed by atoms with Crippen LogP contribution in [0.15, 0.2) is 29.1 Å². The van der Waals surface area contributed by atoms with Crippen LogP contribution < -0.4 is 5.56 Å². The maximum atomic E-state index is 13.0. The Morgan fingerprint density at radius 2 is 2.07 bits per heavy atom. The lowest BCUT2D eigenvalue weighted by Gasteiger charge is -2.40. The highest BCUT2D eigenvalue weighted by molar-refractivity contribution is 5.79. The van der Waals surface area contributed by atoms with Gasteiger partial charge in [-0.2, -0.15) is 0 Å². The summed E-state index contributed by atoms with van der Waals surface area (Å²) in [5, 5.41) is 0.569. The van der Waals surface area contributed by atoms with Crippen molar-refractivity contribution in [3.05, 3.63) is 40.4 Å². The van der Waals surface area contributed by atoms with Crippen LogP contribution in [0.5, 0.6) is 0 Å². The summed E-state index contributed by atoms with van der Waals surface area (Å²) in [5.74, 6) is 0.665. The zero-order chi connectivity index (χ0) is 19.5. The largest absolute Gasteiger partial charge is 0.381 e. The zero-order valence-electron chi connectivity index (χ0n) is 16.4. The average Bonchev–Trinajstić information content (AvgIpc) is 2.74. The topological polar surface area (TPSA) is 78.5 Å². The molecule has 0 aliphatic carbocycles. The van der Waals surface area contributed by atoms with Crippen LogP contribution in [0.4, 0.5) is 0 Å². The fourth-order valence-corrected chi connectivity index (χ4v) is 4.41. The molecule has 28 heavy (non-hydrogen) atoms. The molecule has 1 amide bonds. The van der Waals surface area contributed by atoms with E-state index in [-0.39, 0.29) is 17.4 Å². The molecule has 7 heteroatoms. The van der Waals surface area contributed by atoms with Crippen molar-refractivity contribution >= 4 is 16.8 Å². The Labute approximate surface area is 164 Å². The van der Waals surface area contributed by atoms with E-state index in [0.29, 0.717) is 29.3 Å². The molecule has 0 spiro atoms. The number of carbonyl (C=O) groups is 1. The number of piperidine rings is 1. The third kappa shape index (κ3) is 4.10. The molecule has 0 saturated carbocycles. The van der Waals surface area contributed by atoms with Crippen LogP contribution in [0.1, 0.15) is 31.5 Å². The number of carbonyl (C=O) groups excluding carboxylic acids is 1. The van der Waals surface area contributed by atoms with Crippen molar-refractivity contribution in [2.24, 2.45) is 5.92 Å². The van der Waals surface area contributed by atoms with E-state index in [9.17, 15) is 9.59 Å². The second-order valence-corrected chi connectivity index (χ2v) is 7.90. The SMILES string of the molecule is CN(Cc1nc2ccccc2c(=O)[nH]1)C(=O)[C@H]1CCCN(C2CCOCC2)C1. The third-order valence-electron chi connectivity index (χ3n) is 5.93. The molecular weight excluding hydrogens is 356 g/mol. The Morgan fingerprint density at radius 3 is 2.89 bits per heavy atom. The van der Waals surface area contributed by atoms with Gasteiger partial charge in [-0.25, -0.2) is 4.98 Å². The minimum atomic E-state index is -0.162. The first-order valence-corrected chi connectivity index (χ1v) is 10.2. The van der Waals surface area contributed by atoms with Crippen LogP contribution in [0, 0.1) is 5.92 Å². The van der Waals surface area contributed by atoms with Crippen molar-refractivity contribution in [3.8, 4) is 0 Å². The molecule has 2 fully saturated rings. The lowest BCUT2D eigenvalue weighted by atomic mass is 9.93. The Morgan fingerprint density at radius 1 is 1.29 bits per heavy atom. The van der Waals surface area contributed by atoms with Gasteiger partial charge in [-0.05, 0) is 44.4 Å². The van der Waals surface area contributed by atoms with Gasteiger partial charge in [0.1, 0.15) is 5.82 Å². The highest BCUT2D eigenvalue weighted by Crippen LogP contribution is 2.24. The number of aromatic amines is 1. The predicted molar refractivity (Wildman–Crippen MR) is 107 cm³/mol. The molecule has 0 radical (unpaired) electrons. The number of hydrogen-bond acceptors (Lipinski definition) is 5. The summed E-state index contributed by atoms with van der Waals surface area (Å²) in [6, 6.07) is 7.80. The number of amides is 1. The second kappa shape index (κ2) is 8.41. The van der Waals surface area contributed by atoms with Crippen molar-refractivity contribution in [1.82, 2.24) is 19.8 Å². The van der Waals surface area contributed by atoms with Crippen LogP contribution in [-0.2, 0) is 16.1 Å². The number of benzene rings is 1. The number of ether oxygens (including phenoxy) is 1. The number of aromatic nitrogens is 2. The Hall–Kier alpha value is -2.25. The number of hydrogen-bond donors (Lipinski definition) is 1. The Bertz CT molecular complexity index is 891. The number of nitrogens with zero attached hydrogens (tertiary/aromatic N) is 3. The maximum absolute atomic E-state index is 13.0. The van der Waals surface area contributed by atoms with Gasteiger partial charge in [0.15, 0.2) is 0 Å². The van der Waals surface area contributed by atoms with Crippen molar-refractivity contribution in [2.75, 3.05) is 33.4 Å². The van der Waals surface area contributed by atoms with Crippen molar-refractivity contribution in [2.45, 2.75) is 38.3 Å². The van der Waals surface area contributed by atoms with E-state index in [2.05, 4.69) is 14.9 Å². The number of likely N-dealkylation sites (tertiary alicyclic amines) is 1. The summed E-state index contributed by atoms with van der Waals surface area (Å²) < 4.78 is 5.47. The molecule has 7 nitrogen and oxygen atoms in total. The molecule has 150 valence electrons. The minimum absolute atomic E-state index is 0.00812. The molecular formula is C21H28N4O3. The lowest BCUT2D eigenvalue weighted by Crippen LogP contribution is -2.48. The summed E-state index contributed by atoms with van der Waals surface area (Å²) >= 11 is 0. The smallest absolute Gasteiger partial charge is 0.258 e.